The molecule has 2 unspecified atom stereocenters. The largest absolute Gasteiger partial charge is 0.466 e. The monoisotopic (exact) mass is 786 g/mol. The lowest BCUT2D eigenvalue weighted by Crippen LogP contribution is -2.42. The number of nitrogens with two attached hydrogens (primary N) is 1. The summed E-state index contributed by atoms with van der Waals surface area (Å²) in [7, 11) is 0. The summed E-state index contributed by atoms with van der Waals surface area (Å²) >= 11 is 19.5. The van der Waals surface area contributed by atoms with E-state index in [2.05, 4.69) is 39.8 Å². The molecule has 4 aromatic rings. The number of nitrogens with zero attached hydrogens (tertiary/aromatic N) is 4. The van der Waals surface area contributed by atoms with Crippen LogP contribution in [0.3, 0.4) is 0 Å². The van der Waals surface area contributed by atoms with Crippen LogP contribution < -0.4 is 5.73 Å². The van der Waals surface area contributed by atoms with Gasteiger partial charge in [0.15, 0.2) is 16.8 Å². The number of aromatic nitrogens is 4. The van der Waals surface area contributed by atoms with E-state index in [1.807, 2.05) is 42.8 Å². The molecule has 0 bridgehead atoms. The second-order valence-corrected chi connectivity index (χ2v) is 14.6. The van der Waals surface area contributed by atoms with Crippen LogP contribution in [-0.2, 0) is 36.3 Å². The molecule has 16 heteroatoms. The Bertz CT molecular complexity index is 1630. The van der Waals surface area contributed by atoms with Crippen LogP contribution in [0.25, 0.3) is 0 Å². The Balaban J connectivity index is 0. The smallest absolute Gasteiger partial charge is 0.307 e. The number of thiophene rings is 2. The fourth-order valence-corrected chi connectivity index (χ4v) is 6.72. The minimum Gasteiger partial charge on any atom is -0.466 e. The van der Waals surface area contributed by atoms with Crippen LogP contribution in [0, 0.1) is 17.6 Å². The van der Waals surface area contributed by atoms with Crippen molar-refractivity contribution in [1.29, 1.82) is 0 Å². The maximum Gasteiger partial charge on any atom is 0.307 e. The second-order valence-electron chi connectivity index (χ2n) is 11.6. The molecule has 0 spiro atoms. The fraction of sp³-hybridized carbons (Fsp3) is 0.455. The van der Waals surface area contributed by atoms with Crippen LogP contribution in [0.4, 0.5) is 8.78 Å². The Hall–Kier alpha value is -2.81. The molecule has 2 atom stereocenters. The van der Waals surface area contributed by atoms with E-state index in [0.717, 1.165) is 17.3 Å². The van der Waals surface area contributed by atoms with Gasteiger partial charge in [0.2, 0.25) is 10.6 Å². The van der Waals surface area contributed by atoms with Crippen molar-refractivity contribution < 1.29 is 33.7 Å². The molecule has 0 radical (unpaired) electrons. The standard InChI is InChI=1S/C17H20ClFN2O2S.C12H19NO2S.C4HCl2FN2.3H2/c1-4-23-15(22)9-11(17(2,3)14-6-5-7-24-14)8-13-12(19)10-20-16(18)21-13;1-4-15-11(14)8-9(13)12(2,3)10-6-5-7-16-10;5-3-2(7)1-8-4(6)9-3;;;/h5-7,10-11H,4,8-9H2,1-3H3;5-7,9H,4,8,13H2,1-3H3;1H;3*1H/i;;;1+1D;1+1;. The number of carbonyl (C=O) groups excluding carboxylic acids is 2. The Morgan fingerprint density at radius 1 is 0.878 bits per heavy atom. The number of ether oxygens (including phenoxy) is 2. The first kappa shape index (κ1) is 40.6. The maximum absolute atomic E-state index is 14.0. The lowest BCUT2D eigenvalue weighted by atomic mass is 9.73. The van der Waals surface area contributed by atoms with Crippen LogP contribution in [0.1, 0.15) is 75.7 Å². The Morgan fingerprint density at radius 3 is 1.84 bits per heavy atom. The number of carbonyl (C=O) groups is 2. The highest BCUT2D eigenvalue weighted by Crippen LogP contribution is 2.39. The van der Waals surface area contributed by atoms with E-state index in [4.69, 9.17) is 53.0 Å². The van der Waals surface area contributed by atoms with Gasteiger partial charge in [-0.15, -0.1) is 22.7 Å². The van der Waals surface area contributed by atoms with Gasteiger partial charge in [0.05, 0.1) is 37.7 Å². The van der Waals surface area contributed by atoms with Gasteiger partial charge in [0.25, 0.3) is 0 Å². The van der Waals surface area contributed by atoms with Crippen LogP contribution in [0.15, 0.2) is 47.4 Å². The normalized spacial score (nSPS) is 12.7. The molecule has 4 rings (SSSR count). The zero-order chi connectivity index (χ0) is 38.8. The van der Waals surface area contributed by atoms with Gasteiger partial charge < -0.3 is 15.2 Å². The zero-order valence-electron chi connectivity index (χ0n) is 30.0. The number of halogens is 5. The molecule has 274 valence electrons. The summed E-state index contributed by atoms with van der Waals surface area (Å²) < 4.78 is 46.2. The van der Waals surface area contributed by atoms with E-state index in [1.165, 1.54) is 4.88 Å². The molecular formula is C33H46Cl3F2N5O4S2. The van der Waals surface area contributed by atoms with E-state index in [1.54, 1.807) is 36.5 Å². The topological polar surface area (TPSA) is 130 Å². The Labute approximate surface area is 314 Å². The maximum atomic E-state index is 14.0. The van der Waals surface area contributed by atoms with E-state index in [0.29, 0.717) is 13.2 Å². The zero-order valence-corrected chi connectivity index (χ0v) is 31.9. The Morgan fingerprint density at radius 2 is 1.37 bits per heavy atom. The highest BCUT2D eigenvalue weighted by atomic mass is 35.5. The highest BCUT2D eigenvalue weighted by Gasteiger charge is 2.35. The van der Waals surface area contributed by atoms with Crippen molar-refractivity contribution in [3.8, 4) is 0 Å². The molecule has 0 aromatic carbocycles. The quantitative estimate of drug-likeness (QED) is 0.0848. The van der Waals surface area contributed by atoms with Crippen molar-refractivity contribution in [2.75, 3.05) is 13.2 Å². The lowest BCUT2D eigenvalue weighted by molar-refractivity contribution is -0.145. The molecule has 0 aliphatic heterocycles. The van der Waals surface area contributed by atoms with Gasteiger partial charge in [0, 0.05) is 38.9 Å². The average Bonchev–Trinajstić information content (AvgIpc) is 3.83. The number of esters is 2. The first-order valence-corrected chi connectivity index (χ1v) is 18.1. The summed E-state index contributed by atoms with van der Waals surface area (Å²) in [6, 6.07) is 7.82. The number of hydrogen-bond acceptors (Lipinski definition) is 11. The molecule has 0 fully saturated rings. The molecule has 0 amide bonds. The summed E-state index contributed by atoms with van der Waals surface area (Å²) in [6.45, 7) is 12.5. The van der Waals surface area contributed by atoms with Crippen molar-refractivity contribution in [2.24, 2.45) is 11.7 Å². The summed E-state index contributed by atoms with van der Waals surface area (Å²) in [4.78, 5) is 40.0. The van der Waals surface area contributed by atoms with Gasteiger partial charge in [-0.25, -0.2) is 28.7 Å². The fourth-order valence-electron chi connectivity index (χ4n) is 4.41. The third kappa shape index (κ3) is 13.4. The summed E-state index contributed by atoms with van der Waals surface area (Å²) in [6.07, 6.45) is 2.69. The van der Waals surface area contributed by atoms with Crippen molar-refractivity contribution in [1.82, 2.24) is 19.9 Å². The van der Waals surface area contributed by atoms with Crippen molar-refractivity contribution >= 4 is 69.4 Å². The van der Waals surface area contributed by atoms with Gasteiger partial charge in [-0.3, -0.25) is 9.59 Å². The van der Waals surface area contributed by atoms with Crippen molar-refractivity contribution in [3.05, 3.63) is 90.2 Å². The van der Waals surface area contributed by atoms with Crippen LogP contribution >= 0.6 is 57.5 Å². The van der Waals surface area contributed by atoms with Crippen LogP contribution in [-0.4, -0.2) is 51.1 Å². The number of hydrogen-bond donors (Lipinski definition) is 1. The van der Waals surface area contributed by atoms with E-state index < -0.39 is 11.6 Å². The SMILES string of the molecule is CCOC(=O)CC(Cc1nc(Cl)ncc1F)C(C)(C)c1cccs1.CCOC(=O)CC(N)C(C)(C)c1cccs1.Fc1cnc(Cl)nc1Cl.[2HH].[2H][2H].[HH]. The second kappa shape index (κ2) is 20.1. The predicted molar refractivity (Wildman–Crippen MR) is 198 cm³/mol. The molecule has 9 nitrogen and oxygen atoms in total. The van der Waals surface area contributed by atoms with E-state index in [-0.39, 0.29) is 78.3 Å². The minimum absolute atomic E-state index is 0. The van der Waals surface area contributed by atoms with Crippen LogP contribution in [0.5, 0.6) is 0 Å². The molecule has 0 aliphatic rings. The molecule has 49 heavy (non-hydrogen) atoms. The van der Waals surface area contributed by atoms with Crippen LogP contribution in [0.2, 0.25) is 15.7 Å². The van der Waals surface area contributed by atoms with E-state index in [9.17, 15) is 18.4 Å². The molecule has 4 heterocycles. The molecule has 0 saturated heterocycles. The molecule has 2 N–H and O–H groups in total. The van der Waals surface area contributed by atoms with Gasteiger partial charge in [-0.1, -0.05) is 51.4 Å². The van der Waals surface area contributed by atoms with Gasteiger partial charge >= 0.3 is 11.9 Å². The minimum atomic E-state index is -0.666. The predicted octanol–water partition coefficient (Wildman–Crippen LogP) is 9.39. The first-order valence-electron chi connectivity index (χ1n) is 16.2. The third-order valence-corrected chi connectivity index (χ3v) is 10.6. The average molecular weight is 788 g/mol. The summed E-state index contributed by atoms with van der Waals surface area (Å²) in [5.41, 5.74) is 5.76. The van der Waals surface area contributed by atoms with Gasteiger partial charge in [0.1, 0.15) is 0 Å². The molecule has 0 saturated carbocycles. The Kier molecular flexibility index (Phi) is 16.7. The lowest BCUT2D eigenvalue weighted by Gasteiger charge is -2.33. The van der Waals surface area contributed by atoms with Crippen molar-refractivity contribution in [3.63, 3.8) is 0 Å². The summed E-state index contributed by atoms with van der Waals surface area (Å²) in [5.74, 6) is -1.89. The highest BCUT2D eigenvalue weighted by molar-refractivity contribution is 7.10. The summed E-state index contributed by atoms with van der Waals surface area (Å²) in [5, 5.41) is 3.70. The molecular weight excluding hydrogens is 739 g/mol. The molecule has 4 aromatic heterocycles. The first-order chi connectivity index (χ1) is 24.0. The third-order valence-electron chi connectivity index (χ3n) is 7.57. The molecule has 0 aliphatic carbocycles. The van der Waals surface area contributed by atoms with Gasteiger partial charge in [-0.05, 0) is 72.3 Å². The van der Waals surface area contributed by atoms with Gasteiger partial charge in [-0.2, -0.15) is 0 Å². The van der Waals surface area contributed by atoms with E-state index >= 15 is 0 Å². The number of rotatable bonds is 12. The van der Waals surface area contributed by atoms with Crippen molar-refractivity contribution in [2.45, 2.75) is 77.7 Å².